The largest absolute Gasteiger partial charge is 0.480 e. The van der Waals surface area contributed by atoms with Gasteiger partial charge in [0.15, 0.2) is 0 Å². The van der Waals surface area contributed by atoms with E-state index in [0.717, 1.165) is 19.5 Å². The fourth-order valence-corrected chi connectivity index (χ4v) is 2.09. The number of likely N-dealkylation sites (tertiary alicyclic amines) is 1. The van der Waals surface area contributed by atoms with Crippen molar-refractivity contribution < 1.29 is 14.7 Å². The Morgan fingerprint density at radius 1 is 1.32 bits per heavy atom. The summed E-state index contributed by atoms with van der Waals surface area (Å²) >= 11 is 5.89. The monoisotopic (exact) mass is 282 g/mol. The number of benzene rings is 1. The lowest BCUT2D eigenvalue weighted by Crippen LogP contribution is -2.48. The van der Waals surface area contributed by atoms with E-state index < -0.39 is 5.97 Å². The van der Waals surface area contributed by atoms with Gasteiger partial charge in [0.2, 0.25) is 5.91 Å². The molecule has 0 saturated carbocycles. The Bertz CT molecular complexity index is 489. The second-order valence-corrected chi connectivity index (χ2v) is 4.90. The van der Waals surface area contributed by atoms with E-state index in [1.54, 1.807) is 29.2 Å². The standard InChI is InChI=1S/C13H15ClN2O3/c14-10-3-1-4-11(7-10)16(9-13(18)19)8-12(17)15-5-2-6-15/h1,3-4,7H,2,5-6,8-9H2,(H,18,19). The highest BCUT2D eigenvalue weighted by atomic mass is 35.5. The summed E-state index contributed by atoms with van der Waals surface area (Å²) in [4.78, 5) is 26.1. The van der Waals surface area contributed by atoms with Gasteiger partial charge in [-0.05, 0) is 24.6 Å². The van der Waals surface area contributed by atoms with Crippen molar-refractivity contribution in [2.45, 2.75) is 6.42 Å². The van der Waals surface area contributed by atoms with Gasteiger partial charge in [0, 0.05) is 23.8 Å². The van der Waals surface area contributed by atoms with Crippen LogP contribution in [0.2, 0.25) is 5.02 Å². The van der Waals surface area contributed by atoms with Gasteiger partial charge in [-0.15, -0.1) is 0 Å². The Hall–Kier alpha value is -1.75. The van der Waals surface area contributed by atoms with Crippen LogP contribution in [0.25, 0.3) is 0 Å². The average Bonchev–Trinajstić information content (AvgIpc) is 2.25. The van der Waals surface area contributed by atoms with Gasteiger partial charge in [0.25, 0.3) is 0 Å². The van der Waals surface area contributed by atoms with E-state index in [1.807, 2.05) is 0 Å². The van der Waals surface area contributed by atoms with Crippen LogP contribution in [0.3, 0.4) is 0 Å². The molecule has 6 heteroatoms. The molecule has 5 nitrogen and oxygen atoms in total. The number of nitrogens with zero attached hydrogens (tertiary/aromatic N) is 2. The Morgan fingerprint density at radius 3 is 2.58 bits per heavy atom. The molecule has 2 rings (SSSR count). The minimum atomic E-state index is -0.976. The number of carbonyl (C=O) groups excluding carboxylic acids is 1. The first kappa shape index (κ1) is 13.7. The molecular formula is C13H15ClN2O3. The third-order valence-corrected chi connectivity index (χ3v) is 3.27. The topological polar surface area (TPSA) is 60.9 Å². The van der Waals surface area contributed by atoms with Crippen molar-refractivity contribution in [3.05, 3.63) is 29.3 Å². The minimum Gasteiger partial charge on any atom is -0.480 e. The number of amides is 1. The van der Waals surface area contributed by atoms with Gasteiger partial charge in [-0.25, -0.2) is 0 Å². The Labute approximate surface area is 116 Å². The highest BCUT2D eigenvalue weighted by Gasteiger charge is 2.23. The van der Waals surface area contributed by atoms with Gasteiger partial charge in [0.1, 0.15) is 6.54 Å². The molecule has 1 aromatic rings. The molecule has 0 unspecified atom stereocenters. The molecule has 0 radical (unpaired) electrons. The summed E-state index contributed by atoms with van der Waals surface area (Å²) < 4.78 is 0. The molecule has 1 N–H and O–H groups in total. The number of hydrogen-bond acceptors (Lipinski definition) is 3. The van der Waals surface area contributed by atoms with Crippen LogP contribution in [-0.4, -0.2) is 48.1 Å². The van der Waals surface area contributed by atoms with Gasteiger partial charge in [0.05, 0.1) is 6.54 Å². The van der Waals surface area contributed by atoms with Crippen LogP contribution in [0.5, 0.6) is 0 Å². The average molecular weight is 283 g/mol. The quantitative estimate of drug-likeness (QED) is 0.888. The molecule has 19 heavy (non-hydrogen) atoms. The lowest BCUT2D eigenvalue weighted by Gasteiger charge is -2.33. The fourth-order valence-electron chi connectivity index (χ4n) is 1.90. The normalized spacial score (nSPS) is 13.8. The van der Waals surface area contributed by atoms with Crippen molar-refractivity contribution >= 4 is 29.2 Å². The first-order valence-electron chi connectivity index (χ1n) is 6.06. The van der Waals surface area contributed by atoms with E-state index in [4.69, 9.17) is 16.7 Å². The number of carbonyl (C=O) groups is 2. The van der Waals surface area contributed by atoms with Crippen molar-refractivity contribution in [2.24, 2.45) is 0 Å². The molecule has 1 amide bonds. The molecular weight excluding hydrogens is 268 g/mol. The van der Waals surface area contributed by atoms with Crippen molar-refractivity contribution in [3.63, 3.8) is 0 Å². The summed E-state index contributed by atoms with van der Waals surface area (Å²) in [6, 6.07) is 6.86. The number of hydrogen-bond donors (Lipinski definition) is 1. The molecule has 0 atom stereocenters. The molecule has 1 aromatic carbocycles. The molecule has 1 fully saturated rings. The number of carboxylic acid groups (broad SMARTS) is 1. The molecule has 0 spiro atoms. The maximum atomic E-state index is 11.9. The number of carboxylic acids is 1. The Morgan fingerprint density at radius 2 is 2.05 bits per heavy atom. The zero-order valence-electron chi connectivity index (χ0n) is 10.4. The zero-order valence-corrected chi connectivity index (χ0v) is 11.1. The van der Waals surface area contributed by atoms with Gasteiger partial charge in [-0.2, -0.15) is 0 Å². The van der Waals surface area contributed by atoms with E-state index in [1.165, 1.54) is 4.90 Å². The van der Waals surface area contributed by atoms with Gasteiger partial charge in [-0.3, -0.25) is 9.59 Å². The first-order valence-corrected chi connectivity index (χ1v) is 6.44. The summed E-state index contributed by atoms with van der Waals surface area (Å²) in [6.07, 6.45) is 1.02. The van der Waals surface area contributed by atoms with Gasteiger partial charge >= 0.3 is 5.97 Å². The molecule has 0 bridgehead atoms. The first-order chi connectivity index (χ1) is 9.06. The number of rotatable bonds is 5. The van der Waals surface area contributed by atoms with E-state index in [-0.39, 0.29) is 19.0 Å². The maximum Gasteiger partial charge on any atom is 0.323 e. The van der Waals surface area contributed by atoms with Crippen molar-refractivity contribution in [1.82, 2.24) is 4.90 Å². The Kier molecular flexibility index (Phi) is 4.27. The smallest absolute Gasteiger partial charge is 0.323 e. The molecule has 1 aliphatic heterocycles. The number of aliphatic carboxylic acids is 1. The lowest BCUT2D eigenvalue weighted by atomic mass is 10.2. The lowest BCUT2D eigenvalue weighted by molar-refractivity contribution is -0.135. The van der Waals surface area contributed by atoms with Crippen molar-refractivity contribution in [2.75, 3.05) is 31.1 Å². The number of halogens is 1. The maximum absolute atomic E-state index is 11.9. The second kappa shape index (κ2) is 5.93. The van der Waals surface area contributed by atoms with Crippen LogP contribution < -0.4 is 4.90 Å². The van der Waals surface area contributed by atoms with E-state index in [9.17, 15) is 9.59 Å². The predicted molar refractivity (Wildman–Crippen MR) is 72.5 cm³/mol. The summed E-state index contributed by atoms with van der Waals surface area (Å²) in [5.74, 6) is -1.02. The molecule has 1 saturated heterocycles. The van der Waals surface area contributed by atoms with Gasteiger partial charge in [-0.1, -0.05) is 17.7 Å². The summed E-state index contributed by atoms with van der Waals surface area (Å²) in [5, 5.41) is 9.46. The third-order valence-electron chi connectivity index (χ3n) is 3.03. The van der Waals surface area contributed by atoms with Crippen molar-refractivity contribution in [1.29, 1.82) is 0 Å². The molecule has 1 aliphatic rings. The van der Waals surface area contributed by atoms with E-state index in [0.29, 0.717) is 10.7 Å². The van der Waals surface area contributed by atoms with Gasteiger partial charge < -0.3 is 14.9 Å². The highest BCUT2D eigenvalue weighted by Crippen LogP contribution is 2.20. The fraction of sp³-hybridized carbons (Fsp3) is 0.385. The van der Waals surface area contributed by atoms with Crippen LogP contribution >= 0.6 is 11.6 Å². The molecule has 0 aromatic heterocycles. The summed E-state index contributed by atoms with van der Waals surface area (Å²) in [6.45, 7) is 1.36. The number of anilines is 1. The van der Waals surface area contributed by atoms with E-state index >= 15 is 0 Å². The zero-order chi connectivity index (χ0) is 13.8. The third kappa shape index (κ3) is 3.61. The molecule has 102 valence electrons. The van der Waals surface area contributed by atoms with Crippen LogP contribution in [0.4, 0.5) is 5.69 Å². The molecule has 0 aliphatic carbocycles. The molecule has 1 heterocycles. The summed E-state index contributed by atoms with van der Waals surface area (Å²) in [5.41, 5.74) is 0.642. The highest BCUT2D eigenvalue weighted by molar-refractivity contribution is 6.30. The minimum absolute atomic E-state index is 0.0486. The predicted octanol–water partition coefficient (Wildman–Crippen LogP) is 1.46. The summed E-state index contributed by atoms with van der Waals surface area (Å²) in [7, 11) is 0. The Balaban J connectivity index is 2.10. The van der Waals surface area contributed by atoms with Crippen LogP contribution in [0, 0.1) is 0 Å². The SMILES string of the molecule is O=C(O)CN(CC(=O)N1CCC1)c1cccc(Cl)c1. The van der Waals surface area contributed by atoms with Crippen LogP contribution in [-0.2, 0) is 9.59 Å². The van der Waals surface area contributed by atoms with Crippen LogP contribution in [0.15, 0.2) is 24.3 Å². The van der Waals surface area contributed by atoms with Crippen molar-refractivity contribution in [3.8, 4) is 0 Å². The second-order valence-electron chi connectivity index (χ2n) is 4.46. The van der Waals surface area contributed by atoms with Crippen LogP contribution in [0.1, 0.15) is 6.42 Å². The van der Waals surface area contributed by atoms with E-state index in [2.05, 4.69) is 0 Å².